The number of likely N-dealkylation sites (N-methyl/N-ethyl adjacent to an activating group) is 1. The minimum Gasteiger partial charge on any atom is -0.356 e. The van der Waals surface area contributed by atoms with Crippen LogP contribution in [0, 0.1) is 0 Å². The van der Waals surface area contributed by atoms with Crippen molar-refractivity contribution in [1.82, 2.24) is 5.16 Å². The summed E-state index contributed by atoms with van der Waals surface area (Å²) >= 11 is 6.11. The Bertz CT molecular complexity index is 798. The van der Waals surface area contributed by atoms with Crippen LogP contribution in [0.3, 0.4) is 0 Å². The van der Waals surface area contributed by atoms with Crippen molar-refractivity contribution >= 4 is 34.2 Å². The van der Waals surface area contributed by atoms with Gasteiger partial charge in [-0.1, -0.05) is 41.0 Å². The number of fused-ring (bicyclic) bond motifs is 1. The first-order chi connectivity index (χ1) is 10.2. The zero-order valence-corrected chi connectivity index (χ0v) is 12.2. The van der Waals surface area contributed by atoms with Gasteiger partial charge in [0.15, 0.2) is 5.58 Å². The van der Waals surface area contributed by atoms with Crippen LogP contribution in [0.2, 0.25) is 5.02 Å². The van der Waals surface area contributed by atoms with Crippen molar-refractivity contribution in [2.24, 2.45) is 0 Å². The molecule has 0 atom stereocenters. The molecule has 0 bridgehead atoms. The van der Waals surface area contributed by atoms with E-state index in [1.165, 1.54) is 4.90 Å². The van der Waals surface area contributed by atoms with Crippen LogP contribution in [0.4, 0.5) is 5.69 Å². The Labute approximate surface area is 126 Å². The van der Waals surface area contributed by atoms with Gasteiger partial charge in [0, 0.05) is 12.4 Å². The van der Waals surface area contributed by atoms with Crippen molar-refractivity contribution in [3.63, 3.8) is 0 Å². The third-order valence-corrected chi connectivity index (χ3v) is 3.68. The van der Waals surface area contributed by atoms with Gasteiger partial charge in [0.2, 0.25) is 5.91 Å². The van der Waals surface area contributed by atoms with Gasteiger partial charge in [-0.25, -0.2) is 0 Å². The minimum absolute atomic E-state index is 0.0952. The Morgan fingerprint density at radius 2 is 1.90 bits per heavy atom. The quantitative estimate of drug-likeness (QED) is 0.741. The number of rotatable bonds is 3. The summed E-state index contributed by atoms with van der Waals surface area (Å²) in [5, 5.41) is 5.38. The molecule has 1 heterocycles. The zero-order valence-electron chi connectivity index (χ0n) is 11.4. The SMILES string of the molecule is CN(C(=O)Cc1noc2ccccc12)c1ccccc1Cl. The summed E-state index contributed by atoms with van der Waals surface area (Å²) in [6, 6.07) is 14.7. The highest BCUT2D eigenvalue weighted by atomic mass is 35.5. The van der Waals surface area contributed by atoms with E-state index in [9.17, 15) is 4.79 Å². The minimum atomic E-state index is -0.0952. The fraction of sp³-hybridized carbons (Fsp3) is 0.125. The monoisotopic (exact) mass is 300 g/mol. The number of aromatic nitrogens is 1. The van der Waals surface area contributed by atoms with E-state index in [0.29, 0.717) is 22.0 Å². The molecule has 106 valence electrons. The summed E-state index contributed by atoms with van der Waals surface area (Å²) in [5.74, 6) is -0.0952. The molecule has 0 saturated carbocycles. The summed E-state index contributed by atoms with van der Waals surface area (Å²) < 4.78 is 5.21. The molecule has 0 aliphatic carbocycles. The molecule has 4 nitrogen and oxygen atoms in total. The van der Waals surface area contributed by atoms with Crippen molar-refractivity contribution < 1.29 is 9.32 Å². The van der Waals surface area contributed by atoms with Crippen molar-refractivity contribution in [2.75, 3.05) is 11.9 Å². The highest BCUT2D eigenvalue weighted by molar-refractivity contribution is 6.33. The fourth-order valence-electron chi connectivity index (χ4n) is 2.19. The van der Waals surface area contributed by atoms with E-state index in [1.54, 1.807) is 19.2 Å². The Morgan fingerprint density at radius 3 is 2.71 bits per heavy atom. The Balaban J connectivity index is 1.85. The Morgan fingerprint density at radius 1 is 1.19 bits per heavy atom. The van der Waals surface area contributed by atoms with E-state index in [0.717, 1.165) is 5.39 Å². The van der Waals surface area contributed by atoms with Crippen molar-refractivity contribution in [3.05, 3.63) is 59.2 Å². The number of para-hydroxylation sites is 2. The number of carbonyl (C=O) groups excluding carboxylic acids is 1. The maximum atomic E-state index is 12.4. The molecule has 0 radical (unpaired) electrons. The topological polar surface area (TPSA) is 46.3 Å². The van der Waals surface area contributed by atoms with Crippen LogP contribution in [0.5, 0.6) is 0 Å². The van der Waals surface area contributed by atoms with E-state index in [2.05, 4.69) is 5.16 Å². The van der Waals surface area contributed by atoms with Crippen LogP contribution < -0.4 is 4.90 Å². The first-order valence-corrected chi connectivity index (χ1v) is 6.89. The molecule has 0 saturated heterocycles. The number of nitrogens with zero attached hydrogens (tertiary/aromatic N) is 2. The van der Waals surface area contributed by atoms with Gasteiger partial charge >= 0.3 is 0 Å². The van der Waals surface area contributed by atoms with Gasteiger partial charge in [0.25, 0.3) is 0 Å². The molecule has 21 heavy (non-hydrogen) atoms. The number of halogens is 1. The van der Waals surface area contributed by atoms with E-state index in [-0.39, 0.29) is 12.3 Å². The summed E-state index contributed by atoms with van der Waals surface area (Å²) in [6.45, 7) is 0. The number of hydrogen-bond acceptors (Lipinski definition) is 3. The van der Waals surface area contributed by atoms with Crippen LogP contribution in [-0.4, -0.2) is 18.1 Å². The molecule has 0 aliphatic heterocycles. The lowest BCUT2D eigenvalue weighted by Gasteiger charge is -2.18. The van der Waals surface area contributed by atoms with Gasteiger partial charge in [-0.05, 0) is 24.3 Å². The molecule has 0 fully saturated rings. The molecule has 3 aromatic rings. The number of amides is 1. The van der Waals surface area contributed by atoms with Crippen molar-refractivity contribution in [1.29, 1.82) is 0 Å². The van der Waals surface area contributed by atoms with E-state index in [1.807, 2.05) is 36.4 Å². The normalized spacial score (nSPS) is 10.8. The zero-order chi connectivity index (χ0) is 14.8. The lowest BCUT2D eigenvalue weighted by Crippen LogP contribution is -2.28. The predicted molar refractivity (Wildman–Crippen MR) is 82.6 cm³/mol. The molecular weight excluding hydrogens is 288 g/mol. The van der Waals surface area contributed by atoms with Crippen LogP contribution in [-0.2, 0) is 11.2 Å². The highest BCUT2D eigenvalue weighted by Crippen LogP contribution is 2.25. The van der Waals surface area contributed by atoms with E-state index < -0.39 is 0 Å². The summed E-state index contributed by atoms with van der Waals surface area (Å²) in [7, 11) is 1.70. The molecule has 2 aromatic carbocycles. The van der Waals surface area contributed by atoms with Gasteiger partial charge in [-0.2, -0.15) is 0 Å². The Kier molecular flexibility index (Phi) is 3.62. The van der Waals surface area contributed by atoms with Gasteiger partial charge in [-0.15, -0.1) is 0 Å². The molecule has 0 aliphatic rings. The number of benzene rings is 2. The second-order valence-electron chi connectivity index (χ2n) is 4.71. The highest BCUT2D eigenvalue weighted by Gasteiger charge is 2.17. The summed E-state index contributed by atoms with van der Waals surface area (Å²) in [5.41, 5.74) is 1.99. The molecule has 0 unspecified atom stereocenters. The summed E-state index contributed by atoms with van der Waals surface area (Å²) in [6.07, 6.45) is 0.165. The van der Waals surface area contributed by atoms with Crippen molar-refractivity contribution in [3.8, 4) is 0 Å². The van der Waals surface area contributed by atoms with Gasteiger partial charge in [0.05, 0.1) is 17.1 Å². The average molecular weight is 301 g/mol. The fourth-order valence-corrected chi connectivity index (χ4v) is 2.45. The molecule has 1 aromatic heterocycles. The van der Waals surface area contributed by atoms with Gasteiger partial charge in [-0.3, -0.25) is 4.79 Å². The second kappa shape index (κ2) is 5.58. The first kappa shape index (κ1) is 13.6. The molecule has 0 spiro atoms. The van der Waals surface area contributed by atoms with Crippen molar-refractivity contribution in [2.45, 2.75) is 6.42 Å². The molecule has 1 amide bonds. The van der Waals surface area contributed by atoms with Crippen LogP contribution in [0.15, 0.2) is 53.1 Å². The standard InChI is InChI=1S/C16H13ClN2O2/c1-19(14-8-4-3-7-12(14)17)16(20)10-13-11-6-2-5-9-15(11)21-18-13/h2-9H,10H2,1H3. The maximum Gasteiger partial charge on any atom is 0.232 e. The van der Waals surface area contributed by atoms with Gasteiger partial charge in [0.1, 0.15) is 5.69 Å². The molecule has 3 rings (SSSR count). The molecule has 5 heteroatoms. The van der Waals surface area contributed by atoms with Crippen LogP contribution >= 0.6 is 11.6 Å². The number of hydrogen-bond donors (Lipinski definition) is 0. The van der Waals surface area contributed by atoms with E-state index >= 15 is 0 Å². The lowest BCUT2D eigenvalue weighted by atomic mass is 10.1. The number of carbonyl (C=O) groups is 1. The van der Waals surface area contributed by atoms with E-state index in [4.69, 9.17) is 16.1 Å². The third kappa shape index (κ3) is 2.62. The summed E-state index contributed by atoms with van der Waals surface area (Å²) in [4.78, 5) is 13.9. The lowest BCUT2D eigenvalue weighted by molar-refractivity contribution is -0.117. The molecular formula is C16H13ClN2O2. The third-order valence-electron chi connectivity index (χ3n) is 3.36. The largest absolute Gasteiger partial charge is 0.356 e. The number of anilines is 1. The predicted octanol–water partition coefficient (Wildman–Crippen LogP) is 3.69. The Hall–Kier alpha value is -2.33. The second-order valence-corrected chi connectivity index (χ2v) is 5.11. The van der Waals surface area contributed by atoms with Crippen LogP contribution in [0.1, 0.15) is 5.69 Å². The maximum absolute atomic E-state index is 12.4. The molecule has 0 N–H and O–H groups in total. The van der Waals surface area contributed by atoms with Gasteiger partial charge < -0.3 is 9.42 Å². The van der Waals surface area contributed by atoms with Crippen LogP contribution in [0.25, 0.3) is 11.0 Å². The average Bonchev–Trinajstić information content (AvgIpc) is 2.90. The first-order valence-electron chi connectivity index (χ1n) is 6.51. The smallest absolute Gasteiger partial charge is 0.232 e.